The third kappa shape index (κ3) is 3.78. The van der Waals surface area contributed by atoms with E-state index >= 15 is 0 Å². The van der Waals surface area contributed by atoms with Gasteiger partial charge in [0.15, 0.2) is 5.11 Å². The van der Waals surface area contributed by atoms with Gasteiger partial charge in [-0.15, -0.1) is 0 Å². The van der Waals surface area contributed by atoms with Crippen molar-refractivity contribution in [3.05, 3.63) is 83.9 Å². The summed E-state index contributed by atoms with van der Waals surface area (Å²) in [6.07, 6.45) is -1.03. The van der Waals surface area contributed by atoms with E-state index in [0.717, 1.165) is 23.5 Å². The summed E-state index contributed by atoms with van der Waals surface area (Å²) in [5.74, 6) is 0. The van der Waals surface area contributed by atoms with Gasteiger partial charge in [-0.25, -0.2) is 0 Å². The highest BCUT2D eigenvalue weighted by atomic mass is 32.1. The van der Waals surface area contributed by atoms with Gasteiger partial charge in [-0.1, -0.05) is 12.1 Å². The monoisotopic (exact) mass is 432 g/mol. The number of hydrogen-bond acceptors (Lipinski definition) is 3. The van der Waals surface area contributed by atoms with E-state index in [1.165, 1.54) is 6.07 Å². The van der Waals surface area contributed by atoms with Crippen molar-refractivity contribution in [1.82, 2.24) is 19.8 Å². The van der Waals surface area contributed by atoms with Crippen LogP contribution >= 0.6 is 12.2 Å². The molecule has 0 unspecified atom stereocenters. The van der Waals surface area contributed by atoms with Crippen LogP contribution in [0.3, 0.4) is 0 Å². The molecule has 0 spiro atoms. The van der Waals surface area contributed by atoms with Crippen molar-refractivity contribution in [2.75, 3.05) is 13.2 Å². The number of aliphatic hydroxyl groups is 1. The Labute approximate surface area is 176 Å². The zero-order valence-corrected chi connectivity index (χ0v) is 16.6. The third-order valence-corrected chi connectivity index (χ3v) is 5.43. The summed E-state index contributed by atoms with van der Waals surface area (Å²) in [6.45, 7) is 0.172. The molecular weight excluding hydrogens is 413 g/mol. The molecule has 1 aromatic carbocycles. The van der Waals surface area contributed by atoms with Crippen LogP contribution in [0.1, 0.15) is 29.0 Å². The lowest BCUT2D eigenvalue weighted by Gasteiger charge is -2.28. The number of nitrogens with zero attached hydrogens (tertiary/aromatic N) is 3. The topological polar surface area (TPSA) is 53.3 Å². The highest BCUT2D eigenvalue weighted by Gasteiger charge is 2.41. The second-order valence-electron chi connectivity index (χ2n) is 6.89. The van der Waals surface area contributed by atoms with Gasteiger partial charge in [0.2, 0.25) is 0 Å². The van der Waals surface area contributed by atoms with Crippen LogP contribution in [-0.4, -0.2) is 37.8 Å². The largest absolute Gasteiger partial charge is 0.416 e. The molecule has 2 aromatic heterocycles. The Bertz CT molecular complexity index is 1040. The van der Waals surface area contributed by atoms with Crippen LogP contribution in [0.2, 0.25) is 0 Å². The van der Waals surface area contributed by atoms with E-state index in [1.54, 1.807) is 29.1 Å². The van der Waals surface area contributed by atoms with Gasteiger partial charge in [-0.05, 0) is 54.7 Å². The quantitative estimate of drug-likeness (QED) is 0.600. The fourth-order valence-electron chi connectivity index (χ4n) is 3.78. The number of rotatable bonds is 5. The van der Waals surface area contributed by atoms with Crippen LogP contribution in [-0.2, 0) is 6.18 Å². The number of thiocarbonyl (C=S) groups is 1. The molecule has 3 aromatic rings. The van der Waals surface area contributed by atoms with Crippen LogP contribution in [0.25, 0.3) is 5.69 Å². The first-order valence-electron chi connectivity index (χ1n) is 9.34. The van der Waals surface area contributed by atoms with Crippen molar-refractivity contribution >= 4 is 17.3 Å². The van der Waals surface area contributed by atoms with Crippen molar-refractivity contribution in [2.24, 2.45) is 0 Å². The Morgan fingerprint density at radius 2 is 1.93 bits per heavy atom. The Balaban J connectivity index is 1.80. The second-order valence-corrected chi connectivity index (χ2v) is 7.28. The zero-order chi connectivity index (χ0) is 21.3. The van der Waals surface area contributed by atoms with Crippen LogP contribution in [0, 0.1) is 0 Å². The zero-order valence-electron chi connectivity index (χ0n) is 15.8. The van der Waals surface area contributed by atoms with Gasteiger partial charge >= 0.3 is 6.18 Å². The van der Waals surface area contributed by atoms with E-state index in [9.17, 15) is 18.3 Å². The third-order valence-electron chi connectivity index (χ3n) is 5.07. The first-order valence-corrected chi connectivity index (χ1v) is 9.75. The number of alkyl halides is 3. The predicted octanol–water partition coefficient (Wildman–Crippen LogP) is 3.86. The highest BCUT2D eigenvalue weighted by Crippen LogP contribution is 2.39. The number of β-amino-alcohol motifs (C(OH)–C–C–N with tert-alkyl or cyclic N) is 1. The molecule has 0 radical (unpaired) electrons. The first kappa shape index (κ1) is 20.4. The molecule has 0 aliphatic carbocycles. The molecule has 1 aliphatic heterocycles. The minimum Gasteiger partial charge on any atom is -0.395 e. The second kappa shape index (κ2) is 8.08. The van der Waals surface area contributed by atoms with Gasteiger partial charge in [0.1, 0.15) is 0 Å². The fraction of sp³-hybridized carbons (Fsp3) is 0.238. The molecule has 0 amide bonds. The molecule has 30 heavy (non-hydrogen) atoms. The fourth-order valence-corrected chi connectivity index (χ4v) is 4.11. The lowest BCUT2D eigenvalue weighted by Crippen LogP contribution is -2.32. The minimum atomic E-state index is -4.43. The van der Waals surface area contributed by atoms with Crippen molar-refractivity contribution in [3.63, 3.8) is 0 Å². The average Bonchev–Trinajstić information content (AvgIpc) is 3.33. The Hall–Kier alpha value is -2.91. The van der Waals surface area contributed by atoms with Crippen LogP contribution in [0.5, 0.6) is 0 Å². The number of hydrogen-bond donors (Lipinski definition) is 2. The average molecular weight is 432 g/mol. The van der Waals surface area contributed by atoms with E-state index in [0.29, 0.717) is 10.8 Å². The van der Waals surface area contributed by atoms with Gasteiger partial charge in [-0.3, -0.25) is 4.98 Å². The van der Waals surface area contributed by atoms with Crippen LogP contribution < -0.4 is 5.32 Å². The van der Waals surface area contributed by atoms with Crippen LogP contribution in [0.4, 0.5) is 13.2 Å². The van der Waals surface area contributed by atoms with Crippen molar-refractivity contribution in [1.29, 1.82) is 0 Å². The van der Waals surface area contributed by atoms with Crippen molar-refractivity contribution in [2.45, 2.75) is 18.3 Å². The summed E-state index contributed by atoms with van der Waals surface area (Å²) >= 11 is 5.48. The summed E-state index contributed by atoms with van der Waals surface area (Å²) in [4.78, 5) is 6.27. The van der Waals surface area contributed by atoms with E-state index < -0.39 is 11.7 Å². The number of pyridine rings is 1. The summed E-state index contributed by atoms with van der Waals surface area (Å²) in [5.41, 5.74) is 1.17. The molecule has 0 bridgehead atoms. The molecule has 1 aliphatic rings. The molecule has 4 rings (SSSR count). The molecule has 1 fully saturated rings. The van der Waals surface area contributed by atoms with E-state index in [1.807, 2.05) is 29.2 Å². The summed E-state index contributed by atoms with van der Waals surface area (Å²) in [7, 11) is 0. The molecule has 2 N–H and O–H groups in total. The molecule has 1 saturated heterocycles. The number of benzene rings is 1. The maximum atomic E-state index is 13.2. The van der Waals surface area contributed by atoms with Crippen LogP contribution in [0.15, 0.2) is 67.0 Å². The first-order chi connectivity index (χ1) is 14.4. The molecule has 3 heterocycles. The molecule has 5 nitrogen and oxygen atoms in total. The Morgan fingerprint density at radius 1 is 1.10 bits per heavy atom. The van der Waals surface area contributed by atoms with Gasteiger partial charge in [0, 0.05) is 30.3 Å². The lowest BCUT2D eigenvalue weighted by atomic mass is 10.0. The van der Waals surface area contributed by atoms with E-state index in [4.69, 9.17) is 12.2 Å². The Kier molecular flexibility index (Phi) is 5.48. The summed E-state index contributed by atoms with van der Waals surface area (Å²) in [6, 6.07) is 13.7. The standard InChI is InChI=1S/C21H19F3N4OS/c22-21(23,24)14-5-3-6-15(13-14)27-10-4-8-17(27)19-18(16-7-1-2-9-25-16)26-20(30)28(19)11-12-29/h1-10,13,18-19,29H,11-12H2,(H,26,30)/t18-,19-/m1/s1. The normalized spacial score (nSPS) is 19.2. The number of halogens is 3. The van der Waals surface area contributed by atoms with Gasteiger partial charge in [0.05, 0.1) is 29.9 Å². The Morgan fingerprint density at radius 3 is 2.63 bits per heavy atom. The van der Waals surface area contributed by atoms with Gasteiger partial charge in [0.25, 0.3) is 0 Å². The predicted molar refractivity (Wildman–Crippen MR) is 110 cm³/mol. The summed E-state index contributed by atoms with van der Waals surface area (Å²) < 4.78 is 41.4. The van der Waals surface area contributed by atoms with Crippen molar-refractivity contribution < 1.29 is 18.3 Å². The molecule has 156 valence electrons. The lowest BCUT2D eigenvalue weighted by molar-refractivity contribution is -0.137. The molecular formula is C21H19F3N4OS. The number of aromatic nitrogens is 2. The number of nitrogens with one attached hydrogen (secondary N) is 1. The van der Waals surface area contributed by atoms with Gasteiger partial charge < -0.3 is 19.9 Å². The molecule has 9 heteroatoms. The smallest absolute Gasteiger partial charge is 0.395 e. The van der Waals surface area contributed by atoms with E-state index in [2.05, 4.69) is 10.3 Å². The van der Waals surface area contributed by atoms with Crippen molar-refractivity contribution in [3.8, 4) is 5.69 Å². The SMILES string of the molecule is OCCN1C(=S)N[C@H](c2ccccn2)[C@H]1c1cccn1-c1cccc(C(F)(F)F)c1. The maximum Gasteiger partial charge on any atom is 0.416 e. The number of aliphatic hydroxyl groups excluding tert-OH is 1. The highest BCUT2D eigenvalue weighted by molar-refractivity contribution is 7.80. The molecule has 2 atom stereocenters. The summed E-state index contributed by atoms with van der Waals surface area (Å²) in [5, 5.41) is 13.3. The molecule has 0 saturated carbocycles. The minimum absolute atomic E-state index is 0.114. The van der Waals surface area contributed by atoms with Gasteiger partial charge in [-0.2, -0.15) is 13.2 Å². The van der Waals surface area contributed by atoms with E-state index in [-0.39, 0.29) is 25.2 Å². The maximum absolute atomic E-state index is 13.2.